The molecule has 4 nitrogen and oxygen atoms in total. The van der Waals surface area contributed by atoms with E-state index in [1.807, 2.05) is 28.2 Å². The van der Waals surface area contributed by atoms with Crippen molar-refractivity contribution in [1.29, 1.82) is 0 Å². The van der Waals surface area contributed by atoms with Crippen LogP contribution >= 0.6 is 0 Å². The molecular formula is C26H28N4. The minimum atomic E-state index is 0.911. The first-order chi connectivity index (χ1) is 14.3. The van der Waals surface area contributed by atoms with Crippen LogP contribution in [0.2, 0.25) is 0 Å². The lowest BCUT2D eigenvalue weighted by Gasteiger charge is -2.16. The van der Waals surface area contributed by atoms with E-state index in [2.05, 4.69) is 84.3 Å². The molecule has 0 atom stereocenters. The van der Waals surface area contributed by atoms with Gasteiger partial charge in [0.15, 0.2) is 0 Å². The highest BCUT2D eigenvalue weighted by Crippen LogP contribution is 2.33. The van der Waals surface area contributed by atoms with Gasteiger partial charge in [-0.2, -0.15) is 0 Å². The van der Waals surface area contributed by atoms with Crippen molar-refractivity contribution in [2.45, 2.75) is 13.8 Å². The van der Waals surface area contributed by atoms with Crippen LogP contribution < -0.4 is 9.80 Å². The van der Waals surface area contributed by atoms with Crippen LogP contribution in [0.3, 0.4) is 0 Å². The molecule has 0 saturated carbocycles. The van der Waals surface area contributed by atoms with Gasteiger partial charge in [0.05, 0.1) is 22.4 Å². The third kappa shape index (κ3) is 3.73. The van der Waals surface area contributed by atoms with Crippen LogP contribution in [0, 0.1) is 13.8 Å². The normalized spacial score (nSPS) is 11.0. The summed E-state index contributed by atoms with van der Waals surface area (Å²) in [7, 11) is 8.20. The molecule has 0 spiro atoms. The fraction of sp³-hybridized carbons (Fsp3) is 0.231. The van der Waals surface area contributed by atoms with E-state index in [0.29, 0.717) is 0 Å². The van der Waals surface area contributed by atoms with Crippen LogP contribution in [0.25, 0.3) is 33.5 Å². The van der Waals surface area contributed by atoms with Crippen LogP contribution in [-0.4, -0.2) is 38.2 Å². The van der Waals surface area contributed by atoms with E-state index in [4.69, 9.17) is 9.97 Å². The molecule has 0 radical (unpaired) electrons. The summed E-state index contributed by atoms with van der Waals surface area (Å²) in [5.74, 6) is 0. The lowest BCUT2D eigenvalue weighted by atomic mass is 10.0. The van der Waals surface area contributed by atoms with Crippen LogP contribution in [0.5, 0.6) is 0 Å². The highest BCUT2D eigenvalue weighted by Gasteiger charge is 2.14. The second kappa shape index (κ2) is 7.79. The summed E-state index contributed by atoms with van der Waals surface area (Å²) in [5, 5.41) is 0. The molecule has 0 bridgehead atoms. The maximum atomic E-state index is 5.07. The number of nitrogens with zero attached hydrogens (tertiary/aromatic N) is 4. The van der Waals surface area contributed by atoms with E-state index in [-0.39, 0.29) is 0 Å². The Bertz CT molecular complexity index is 1090. The Hall–Kier alpha value is -3.40. The van der Waals surface area contributed by atoms with Crippen molar-refractivity contribution in [2.75, 3.05) is 38.0 Å². The second-order valence-corrected chi connectivity index (χ2v) is 8.23. The Balaban J connectivity index is 1.93. The van der Waals surface area contributed by atoms with Crippen molar-refractivity contribution in [2.24, 2.45) is 0 Å². The van der Waals surface area contributed by atoms with Gasteiger partial charge in [0.25, 0.3) is 0 Å². The minimum absolute atomic E-state index is 0.911. The van der Waals surface area contributed by atoms with Gasteiger partial charge < -0.3 is 9.80 Å². The van der Waals surface area contributed by atoms with Gasteiger partial charge >= 0.3 is 0 Å². The zero-order chi connectivity index (χ0) is 21.4. The second-order valence-electron chi connectivity index (χ2n) is 8.23. The summed E-state index contributed by atoms with van der Waals surface area (Å²) in [4.78, 5) is 14.3. The Morgan fingerprint density at radius 3 is 1.17 bits per heavy atom. The van der Waals surface area contributed by atoms with Gasteiger partial charge in [-0.25, -0.2) is 9.97 Å². The molecule has 4 heteroatoms. The number of hydrogen-bond donors (Lipinski definition) is 0. The molecule has 1 aromatic heterocycles. The SMILES string of the molecule is Cc1cc2nc(-c3ccc(N(C)C)cc3)c(-c3ccc(N(C)C)cc3)nc2cc1C. The fourth-order valence-corrected chi connectivity index (χ4v) is 3.55. The third-order valence-electron chi connectivity index (χ3n) is 5.59. The average Bonchev–Trinajstić information content (AvgIpc) is 2.74. The van der Waals surface area contributed by atoms with Crippen molar-refractivity contribution in [3.8, 4) is 22.5 Å². The number of aryl methyl sites for hydroxylation is 2. The van der Waals surface area contributed by atoms with E-state index in [1.165, 1.54) is 11.1 Å². The number of benzene rings is 3. The Morgan fingerprint density at radius 1 is 0.533 bits per heavy atom. The number of fused-ring (bicyclic) bond motifs is 1. The Kier molecular flexibility index (Phi) is 5.17. The maximum absolute atomic E-state index is 5.07. The van der Waals surface area contributed by atoms with Gasteiger partial charge in [0.1, 0.15) is 0 Å². The Morgan fingerprint density at radius 2 is 0.867 bits per heavy atom. The van der Waals surface area contributed by atoms with Crippen molar-refractivity contribution < 1.29 is 0 Å². The van der Waals surface area contributed by atoms with Crippen molar-refractivity contribution >= 4 is 22.4 Å². The molecule has 4 aromatic rings. The molecule has 30 heavy (non-hydrogen) atoms. The predicted octanol–water partition coefficient (Wildman–Crippen LogP) is 5.71. The summed E-state index contributed by atoms with van der Waals surface area (Å²) in [5.41, 5.74) is 10.6. The molecule has 0 amide bonds. The molecule has 0 aliphatic heterocycles. The van der Waals surface area contributed by atoms with Crippen LogP contribution in [0.4, 0.5) is 11.4 Å². The van der Waals surface area contributed by atoms with E-state index in [9.17, 15) is 0 Å². The summed E-state index contributed by atoms with van der Waals surface area (Å²) < 4.78 is 0. The third-order valence-corrected chi connectivity index (χ3v) is 5.59. The molecule has 0 aliphatic carbocycles. The van der Waals surface area contributed by atoms with E-state index in [0.717, 1.165) is 44.9 Å². The van der Waals surface area contributed by atoms with Crippen LogP contribution in [-0.2, 0) is 0 Å². The van der Waals surface area contributed by atoms with Gasteiger partial charge in [0, 0.05) is 50.7 Å². The molecule has 3 aromatic carbocycles. The monoisotopic (exact) mass is 396 g/mol. The topological polar surface area (TPSA) is 32.3 Å². The zero-order valence-corrected chi connectivity index (χ0v) is 18.6. The fourth-order valence-electron chi connectivity index (χ4n) is 3.55. The van der Waals surface area contributed by atoms with Crippen molar-refractivity contribution in [1.82, 2.24) is 9.97 Å². The Labute approximate surface area is 178 Å². The first kappa shape index (κ1) is 19.9. The first-order valence-electron chi connectivity index (χ1n) is 10.2. The first-order valence-corrected chi connectivity index (χ1v) is 10.2. The van der Waals surface area contributed by atoms with Gasteiger partial charge in [0.2, 0.25) is 0 Å². The molecule has 152 valence electrons. The molecule has 0 aliphatic rings. The average molecular weight is 397 g/mol. The molecule has 0 N–H and O–H groups in total. The molecule has 0 fully saturated rings. The number of hydrogen-bond acceptors (Lipinski definition) is 4. The van der Waals surface area contributed by atoms with E-state index >= 15 is 0 Å². The molecule has 0 saturated heterocycles. The molecule has 4 rings (SSSR count). The summed E-state index contributed by atoms with van der Waals surface area (Å²) >= 11 is 0. The van der Waals surface area contributed by atoms with Gasteiger partial charge in [-0.05, 0) is 61.4 Å². The molecule has 0 unspecified atom stereocenters. The predicted molar refractivity (Wildman–Crippen MR) is 129 cm³/mol. The lowest BCUT2D eigenvalue weighted by Crippen LogP contribution is -2.08. The maximum Gasteiger partial charge on any atom is 0.0973 e. The molecule has 1 heterocycles. The quantitative estimate of drug-likeness (QED) is 0.442. The highest BCUT2D eigenvalue weighted by molar-refractivity contribution is 5.87. The summed E-state index contributed by atoms with van der Waals surface area (Å²) in [6.07, 6.45) is 0. The number of rotatable bonds is 4. The highest BCUT2D eigenvalue weighted by atomic mass is 15.1. The summed E-state index contributed by atoms with van der Waals surface area (Å²) in [6.45, 7) is 4.24. The van der Waals surface area contributed by atoms with Crippen molar-refractivity contribution in [3.63, 3.8) is 0 Å². The smallest absolute Gasteiger partial charge is 0.0973 e. The largest absolute Gasteiger partial charge is 0.378 e. The number of aromatic nitrogens is 2. The standard InChI is InChI=1S/C26H28N4/c1-17-15-23-24(16-18(17)2)28-26(20-9-13-22(14-10-20)30(5)6)25(27-23)19-7-11-21(12-8-19)29(3)4/h7-16H,1-6H3. The zero-order valence-electron chi connectivity index (χ0n) is 18.6. The van der Waals surface area contributed by atoms with Gasteiger partial charge in [-0.15, -0.1) is 0 Å². The van der Waals surface area contributed by atoms with Crippen molar-refractivity contribution in [3.05, 3.63) is 71.8 Å². The molecular weight excluding hydrogens is 368 g/mol. The van der Waals surface area contributed by atoms with Crippen LogP contribution in [0.15, 0.2) is 60.7 Å². The van der Waals surface area contributed by atoms with E-state index in [1.54, 1.807) is 0 Å². The number of anilines is 2. The van der Waals surface area contributed by atoms with Gasteiger partial charge in [-0.3, -0.25) is 0 Å². The minimum Gasteiger partial charge on any atom is -0.378 e. The van der Waals surface area contributed by atoms with Crippen LogP contribution in [0.1, 0.15) is 11.1 Å². The summed E-state index contributed by atoms with van der Waals surface area (Å²) in [6, 6.07) is 21.3. The van der Waals surface area contributed by atoms with E-state index < -0.39 is 0 Å². The lowest BCUT2D eigenvalue weighted by molar-refractivity contribution is 1.13. The van der Waals surface area contributed by atoms with Gasteiger partial charge in [-0.1, -0.05) is 24.3 Å².